The molecule has 0 unspecified atom stereocenters. The van der Waals surface area contributed by atoms with E-state index in [2.05, 4.69) is 49.3 Å². The summed E-state index contributed by atoms with van der Waals surface area (Å²) in [5, 5.41) is 7.51. The molecule has 6 heteroatoms. The van der Waals surface area contributed by atoms with Crippen LogP contribution in [0.25, 0.3) is 11.1 Å². The molecule has 0 saturated carbocycles. The molecule has 6 nitrogen and oxygen atoms in total. The average Bonchev–Trinajstić information content (AvgIpc) is 3.12. The second kappa shape index (κ2) is 6.31. The van der Waals surface area contributed by atoms with Crippen LogP contribution in [0, 0.1) is 0 Å². The fourth-order valence-electron chi connectivity index (χ4n) is 3.39. The van der Waals surface area contributed by atoms with Gasteiger partial charge in [-0.15, -0.1) is 0 Å². The molecule has 1 fully saturated rings. The van der Waals surface area contributed by atoms with Crippen LogP contribution in [0.2, 0.25) is 0 Å². The van der Waals surface area contributed by atoms with Crippen LogP contribution in [0.3, 0.4) is 0 Å². The van der Waals surface area contributed by atoms with Crippen molar-refractivity contribution in [2.75, 3.05) is 23.7 Å². The minimum absolute atomic E-state index is 0.484. The van der Waals surface area contributed by atoms with Crippen molar-refractivity contribution in [2.45, 2.75) is 18.8 Å². The highest BCUT2D eigenvalue weighted by Gasteiger charge is 2.25. The normalized spacial score (nSPS) is 15.6. The SMILES string of the molecule is Nc1cc(N2CCC(c3[nH]ncc3-c3ccccc3)CC2)ncn1. The van der Waals surface area contributed by atoms with Crippen molar-refractivity contribution in [1.29, 1.82) is 0 Å². The van der Waals surface area contributed by atoms with Gasteiger partial charge in [0, 0.05) is 36.3 Å². The lowest BCUT2D eigenvalue weighted by atomic mass is 9.89. The molecule has 0 bridgehead atoms. The Balaban J connectivity index is 1.50. The fraction of sp³-hybridized carbons (Fsp3) is 0.278. The summed E-state index contributed by atoms with van der Waals surface area (Å²) in [4.78, 5) is 10.6. The first-order chi connectivity index (χ1) is 11.8. The number of nitrogens with one attached hydrogen (secondary N) is 1. The zero-order valence-corrected chi connectivity index (χ0v) is 13.4. The molecule has 1 aromatic carbocycles. The van der Waals surface area contributed by atoms with Gasteiger partial charge in [0.1, 0.15) is 18.0 Å². The van der Waals surface area contributed by atoms with E-state index in [1.807, 2.05) is 18.3 Å². The summed E-state index contributed by atoms with van der Waals surface area (Å²) >= 11 is 0. The molecule has 3 N–H and O–H groups in total. The van der Waals surface area contributed by atoms with Gasteiger partial charge >= 0.3 is 0 Å². The van der Waals surface area contributed by atoms with Crippen molar-refractivity contribution in [3.63, 3.8) is 0 Å². The summed E-state index contributed by atoms with van der Waals surface area (Å²) in [7, 11) is 0. The van der Waals surface area contributed by atoms with E-state index in [0.717, 1.165) is 31.7 Å². The van der Waals surface area contributed by atoms with Gasteiger partial charge in [0.2, 0.25) is 0 Å². The average molecular weight is 320 g/mol. The predicted octanol–water partition coefficient (Wildman–Crippen LogP) is 2.83. The molecule has 24 heavy (non-hydrogen) atoms. The summed E-state index contributed by atoms with van der Waals surface area (Å²) in [6.45, 7) is 1.91. The number of nitrogens with two attached hydrogens (primary N) is 1. The molecule has 0 aliphatic carbocycles. The third-order valence-corrected chi connectivity index (χ3v) is 4.65. The van der Waals surface area contributed by atoms with Crippen LogP contribution in [0.4, 0.5) is 11.6 Å². The van der Waals surface area contributed by atoms with Crippen LogP contribution >= 0.6 is 0 Å². The van der Waals surface area contributed by atoms with E-state index >= 15 is 0 Å². The number of aromatic amines is 1. The highest BCUT2D eigenvalue weighted by Crippen LogP contribution is 2.34. The van der Waals surface area contributed by atoms with Gasteiger partial charge in [-0.25, -0.2) is 9.97 Å². The predicted molar refractivity (Wildman–Crippen MR) is 94.7 cm³/mol. The minimum Gasteiger partial charge on any atom is -0.384 e. The summed E-state index contributed by atoms with van der Waals surface area (Å²) in [6, 6.07) is 12.3. The van der Waals surface area contributed by atoms with Crippen molar-refractivity contribution >= 4 is 11.6 Å². The number of nitrogens with zero attached hydrogens (tertiary/aromatic N) is 4. The molecule has 1 aliphatic rings. The number of hydrogen-bond acceptors (Lipinski definition) is 5. The second-order valence-electron chi connectivity index (χ2n) is 6.13. The van der Waals surface area contributed by atoms with E-state index < -0.39 is 0 Å². The number of benzene rings is 1. The Morgan fingerprint density at radius 2 is 1.88 bits per heavy atom. The Bertz CT molecular complexity index is 805. The summed E-state index contributed by atoms with van der Waals surface area (Å²) in [5.74, 6) is 1.91. The topological polar surface area (TPSA) is 83.7 Å². The molecular weight excluding hydrogens is 300 g/mol. The lowest BCUT2D eigenvalue weighted by molar-refractivity contribution is 0.493. The molecule has 1 saturated heterocycles. The number of anilines is 2. The molecule has 1 aliphatic heterocycles. The van der Waals surface area contributed by atoms with Crippen molar-refractivity contribution in [3.05, 3.63) is 54.6 Å². The lowest BCUT2D eigenvalue weighted by Gasteiger charge is -2.32. The van der Waals surface area contributed by atoms with Crippen molar-refractivity contribution in [3.8, 4) is 11.1 Å². The third kappa shape index (κ3) is 2.82. The van der Waals surface area contributed by atoms with Crippen LogP contribution in [0.15, 0.2) is 48.9 Å². The van der Waals surface area contributed by atoms with E-state index in [9.17, 15) is 0 Å². The van der Waals surface area contributed by atoms with E-state index in [0.29, 0.717) is 11.7 Å². The zero-order chi connectivity index (χ0) is 16.4. The van der Waals surface area contributed by atoms with Gasteiger partial charge in [-0.3, -0.25) is 5.10 Å². The minimum atomic E-state index is 0.484. The summed E-state index contributed by atoms with van der Waals surface area (Å²) in [6.07, 6.45) is 5.58. The smallest absolute Gasteiger partial charge is 0.134 e. The van der Waals surface area contributed by atoms with E-state index in [-0.39, 0.29) is 0 Å². The number of piperidine rings is 1. The summed E-state index contributed by atoms with van der Waals surface area (Å²) < 4.78 is 0. The van der Waals surface area contributed by atoms with Gasteiger partial charge in [-0.2, -0.15) is 5.10 Å². The molecular formula is C18H20N6. The van der Waals surface area contributed by atoms with E-state index in [1.54, 1.807) is 0 Å². The molecule has 0 amide bonds. The Labute approximate surface area is 140 Å². The number of rotatable bonds is 3. The van der Waals surface area contributed by atoms with Gasteiger partial charge in [0.25, 0.3) is 0 Å². The van der Waals surface area contributed by atoms with Crippen LogP contribution in [-0.2, 0) is 0 Å². The van der Waals surface area contributed by atoms with Gasteiger partial charge < -0.3 is 10.6 Å². The third-order valence-electron chi connectivity index (χ3n) is 4.65. The van der Waals surface area contributed by atoms with Gasteiger partial charge in [-0.1, -0.05) is 30.3 Å². The standard InChI is InChI=1S/C18H20N6/c19-16-10-17(21-12-20-16)24-8-6-14(7-9-24)18-15(11-22-23-18)13-4-2-1-3-5-13/h1-5,10-12,14H,6-9H2,(H,22,23)(H2,19,20,21). The first-order valence-electron chi connectivity index (χ1n) is 8.22. The number of hydrogen-bond donors (Lipinski definition) is 2. The number of H-pyrrole nitrogens is 1. The monoisotopic (exact) mass is 320 g/mol. The van der Waals surface area contributed by atoms with Crippen molar-refractivity contribution in [1.82, 2.24) is 20.2 Å². The molecule has 4 rings (SSSR count). The molecule has 0 radical (unpaired) electrons. The molecule has 0 atom stereocenters. The Morgan fingerprint density at radius 3 is 2.62 bits per heavy atom. The number of aromatic nitrogens is 4. The van der Waals surface area contributed by atoms with Gasteiger partial charge in [0.15, 0.2) is 0 Å². The zero-order valence-electron chi connectivity index (χ0n) is 13.4. The number of nitrogen functional groups attached to an aromatic ring is 1. The van der Waals surface area contributed by atoms with Crippen LogP contribution in [0.5, 0.6) is 0 Å². The van der Waals surface area contributed by atoms with Crippen LogP contribution in [-0.4, -0.2) is 33.3 Å². The van der Waals surface area contributed by atoms with Crippen LogP contribution in [0.1, 0.15) is 24.5 Å². The van der Waals surface area contributed by atoms with Crippen molar-refractivity contribution < 1.29 is 0 Å². The van der Waals surface area contributed by atoms with Crippen molar-refractivity contribution in [2.24, 2.45) is 0 Å². The van der Waals surface area contributed by atoms with Gasteiger partial charge in [-0.05, 0) is 18.4 Å². The highest BCUT2D eigenvalue weighted by atomic mass is 15.2. The molecule has 2 aromatic heterocycles. The Kier molecular flexibility index (Phi) is 3.86. The first-order valence-corrected chi connectivity index (χ1v) is 8.22. The molecule has 3 aromatic rings. The maximum absolute atomic E-state index is 5.76. The van der Waals surface area contributed by atoms with E-state index in [1.165, 1.54) is 23.1 Å². The maximum atomic E-state index is 5.76. The molecule has 122 valence electrons. The second-order valence-corrected chi connectivity index (χ2v) is 6.13. The van der Waals surface area contributed by atoms with Gasteiger partial charge in [0.05, 0.1) is 6.20 Å². The van der Waals surface area contributed by atoms with Crippen LogP contribution < -0.4 is 10.6 Å². The lowest BCUT2D eigenvalue weighted by Crippen LogP contribution is -2.33. The summed E-state index contributed by atoms with van der Waals surface area (Å²) in [5.41, 5.74) is 9.43. The Morgan fingerprint density at radius 1 is 1.08 bits per heavy atom. The molecule has 3 heterocycles. The fourth-order valence-corrected chi connectivity index (χ4v) is 3.39. The largest absolute Gasteiger partial charge is 0.384 e. The maximum Gasteiger partial charge on any atom is 0.134 e. The first kappa shape index (κ1) is 14.7. The molecule has 0 spiro atoms. The highest BCUT2D eigenvalue weighted by molar-refractivity contribution is 5.65. The Hall–Kier alpha value is -2.89. The quantitative estimate of drug-likeness (QED) is 0.775. The van der Waals surface area contributed by atoms with E-state index in [4.69, 9.17) is 5.73 Å².